The lowest BCUT2D eigenvalue weighted by Crippen LogP contribution is -2.37. The summed E-state index contributed by atoms with van der Waals surface area (Å²) in [4.78, 5) is 0. The topological polar surface area (TPSA) is 30.5 Å². The van der Waals surface area contributed by atoms with Crippen LogP contribution in [0, 0.1) is 5.41 Å². The summed E-state index contributed by atoms with van der Waals surface area (Å²) in [6.45, 7) is 1.49. The molecule has 6 heteroatoms. The van der Waals surface area contributed by atoms with Crippen LogP contribution in [0.15, 0.2) is 0 Å². The fourth-order valence-electron chi connectivity index (χ4n) is 3.08. The lowest BCUT2D eigenvalue weighted by atomic mass is 9.71. The fraction of sp³-hybridized carbons (Fsp3) is 1.00. The minimum Gasteiger partial charge on any atom is -0.383 e. The summed E-state index contributed by atoms with van der Waals surface area (Å²) >= 11 is 0. The quantitative estimate of drug-likeness (QED) is 0.626. The first-order valence-corrected chi connectivity index (χ1v) is 7.82. The number of halogens is 3. The van der Waals surface area contributed by atoms with E-state index in [4.69, 9.17) is 9.47 Å². The molecular weight excluding hydrogens is 283 g/mol. The summed E-state index contributed by atoms with van der Waals surface area (Å²) in [5.74, 6) is 0. The Kier molecular flexibility index (Phi) is 8.59. The Balaban J connectivity index is 2.25. The molecule has 0 bridgehead atoms. The Morgan fingerprint density at radius 2 is 1.81 bits per heavy atom. The van der Waals surface area contributed by atoms with Crippen LogP contribution in [0.2, 0.25) is 0 Å². The van der Waals surface area contributed by atoms with E-state index < -0.39 is 12.8 Å². The molecule has 1 fully saturated rings. The van der Waals surface area contributed by atoms with Crippen molar-refractivity contribution in [3.8, 4) is 0 Å². The highest BCUT2D eigenvalue weighted by Gasteiger charge is 2.31. The molecule has 1 aliphatic carbocycles. The van der Waals surface area contributed by atoms with Crippen molar-refractivity contribution in [3.05, 3.63) is 0 Å². The molecule has 126 valence electrons. The molecule has 0 radical (unpaired) electrons. The maximum atomic E-state index is 12.0. The number of nitrogens with one attached hydrogen (secondary N) is 1. The van der Waals surface area contributed by atoms with Gasteiger partial charge in [0.25, 0.3) is 0 Å². The molecule has 1 rings (SSSR count). The molecule has 0 aromatic heterocycles. The number of alkyl halides is 3. The van der Waals surface area contributed by atoms with Gasteiger partial charge in [0.1, 0.15) is 6.61 Å². The zero-order chi connectivity index (χ0) is 15.6. The average molecular weight is 311 g/mol. The van der Waals surface area contributed by atoms with Gasteiger partial charge in [-0.15, -0.1) is 0 Å². The molecule has 0 unspecified atom stereocenters. The molecule has 21 heavy (non-hydrogen) atoms. The first-order chi connectivity index (χ1) is 9.97. The second kappa shape index (κ2) is 9.64. The van der Waals surface area contributed by atoms with Crippen molar-refractivity contribution in [2.24, 2.45) is 5.41 Å². The van der Waals surface area contributed by atoms with E-state index in [-0.39, 0.29) is 12.0 Å². The third-order valence-electron chi connectivity index (χ3n) is 4.16. The Bertz CT molecular complexity index is 266. The summed E-state index contributed by atoms with van der Waals surface area (Å²) in [6.07, 6.45) is 3.44. The lowest BCUT2D eigenvalue weighted by molar-refractivity contribution is -0.174. The molecule has 0 spiro atoms. The SMILES string of the molecule is COCCNCC1(CCCOCC(F)(F)F)CCCCC1. The van der Waals surface area contributed by atoms with E-state index >= 15 is 0 Å². The first-order valence-electron chi connectivity index (χ1n) is 7.82. The van der Waals surface area contributed by atoms with Crippen LogP contribution in [0.4, 0.5) is 13.2 Å². The van der Waals surface area contributed by atoms with E-state index in [0.29, 0.717) is 13.0 Å². The van der Waals surface area contributed by atoms with Crippen molar-refractivity contribution >= 4 is 0 Å². The van der Waals surface area contributed by atoms with Gasteiger partial charge in [0.05, 0.1) is 6.61 Å². The van der Waals surface area contributed by atoms with Gasteiger partial charge < -0.3 is 14.8 Å². The second-order valence-corrected chi connectivity index (χ2v) is 6.00. The summed E-state index contributed by atoms with van der Waals surface area (Å²) in [5, 5.41) is 3.42. The van der Waals surface area contributed by atoms with E-state index in [1.807, 2.05) is 0 Å². The predicted molar refractivity (Wildman–Crippen MR) is 76.4 cm³/mol. The Morgan fingerprint density at radius 3 is 2.43 bits per heavy atom. The van der Waals surface area contributed by atoms with E-state index in [2.05, 4.69) is 5.32 Å². The van der Waals surface area contributed by atoms with Crippen LogP contribution in [-0.4, -0.2) is 46.2 Å². The maximum absolute atomic E-state index is 12.0. The van der Waals surface area contributed by atoms with Crippen molar-refractivity contribution in [1.82, 2.24) is 5.32 Å². The molecular formula is C15H28F3NO2. The second-order valence-electron chi connectivity index (χ2n) is 6.00. The molecule has 0 aromatic carbocycles. The maximum Gasteiger partial charge on any atom is 0.411 e. The van der Waals surface area contributed by atoms with Crippen LogP contribution in [-0.2, 0) is 9.47 Å². The van der Waals surface area contributed by atoms with Crippen LogP contribution in [0.1, 0.15) is 44.9 Å². The number of hydrogen-bond donors (Lipinski definition) is 1. The van der Waals surface area contributed by atoms with E-state index in [1.165, 1.54) is 19.3 Å². The Morgan fingerprint density at radius 1 is 1.10 bits per heavy atom. The Hall–Kier alpha value is -0.330. The molecule has 0 amide bonds. The van der Waals surface area contributed by atoms with Crippen molar-refractivity contribution in [2.75, 3.05) is 40.0 Å². The van der Waals surface area contributed by atoms with Crippen molar-refractivity contribution in [1.29, 1.82) is 0 Å². The normalized spacial score (nSPS) is 18.9. The van der Waals surface area contributed by atoms with Gasteiger partial charge in [-0.2, -0.15) is 13.2 Å². The van der Waals surface area contributed by atoms with Crippen molar-refractivity contribution in [2.45, 2.75) is 51.1 Å². The fourth-order valence-corrected chi connectivity index (χ4v) is 3.08. The molecule has 3 nitrogen and oxygen atoms in total. The van der Waals surface area contributed by atoms with Crippen LogP contribution in [0.5, 0.6) is 0 Å². The molecule has 0 heterocycles. The molecule has 0 aromatic rings. The van der Waals surface area contributed by atoms with Gasteiger partial charge in [-0.25, -0.2) is 0 Å². The predicted octanol–water partition coefficient (Wildman–Crippen LogP) is 3.53. The Labute approximate surface area is 125 Å². The number of hydrogen-bond acceptors (Lipinski definition) is 3. The smallest absolute Gasteiger partial charge is 0.383 e. The standard InChI is InChI=1S/C15H28F3NO2/c1-20-11-9-19-12-14(6-3-2-4-7-14)8-5-10-21-13-15(16,17)18/h19H,2-13H2,1H3. The highest BCUT2D eigenvalue weighted by molar-refractivity contribution is 4.84. The van der Waals surface area contributed by atoms with E-state index in [1.54, 1.807) is 7.11 Å². The minimum absolute atomic E-state index is 0.194. The van der Waals surface area contributed by atoms with E-state index in [9.17, 15) is 13.2 Å². The number of rotatable bonds is 10. The third kappa shape index (κ3) is 8.63. The highest BCUT2D eigenvalue weighted by Crippen LogP contribution is 2.39. The van der Waals surface area contributed by atoms with Gasteiger partial charge in [0, 0.05) is 26.8 Å². The van der Waals surface area contributed by atoms with Gasteiger partial charge in [0.2, 0.25) is 0 Å². The number of ether oxygens (including phenoxy) is 2. The van der Waals surface area contributed by atoms with Gasteiger partial charge in [-0.3, -0.25) is 0 Å². The van der Waals surface area contributed by atoms with Crippen molar-refractivity contribution < 1.29 is 22.6 Å². The monoisotopic (exact) mass is 311 g/mol. The molecule has 1 N–H and O–H groups in total. The summed E-state index contributed by atoms with van der Waals surface area (Å²) in [6, 6.07) is 0. The largest absolute Gasteiger partial charge is 0.411 e. The summed E-state index contributed by atoms with van der Waals surface area (Å²) in [5.41, 5.74) is 0.230. The van der Waals surface area contributed by atoms with E-state index in [0.717, 1.165) is 32.4 Å². The lowest BCUT2D eigenvalue weighted by Gasteiger charge is -2.38. The van der Waals surface area contributed by atoms with Crippen LogP contribution < -0.4 is 5.32 Å². The zero-order valence-electron chi connectivity index (χ0n) is 12.9. The van der Waals surface area contributed by atoms with Gasteiger partial charge >= 0.3 is 6.18 Å². The third-order valence-corrected chi connectivity index (χ3v) is 4.16. The first kappa shape index (κ1) is 18.7. The molecule has 1 aliphatic rings. The minimum atomic E-state index is -4.22. The molecule has 0 atom stereocenters. The zero-order valence-corrected chi connectivity index (χ0v) is 12.9. The average Bonchev–Trinajstić information content (AvgIpc) is 2.43. The van der Waals surface area contributed by atoms with Crippen LogP contribution in [0.3, 0.4) is 0 Å². The van der Waals surface area contributed by atoms with Gasteiger partial charge in [0.15, 0.2) is 0 Å². The van der Waals surface area contributed by atoms with Crippen LogP contribution in [0.25, 0.3) is 0 Å². The summed E-state index contributed by atoms with van der Waals surface area (Å²) in [7, 11) is 1.68. The molecule has 0 aliphatic heterocycles. The van der Waals surface area contributed by atoms with Crippen LogP contribution >= 0.6 is 0 Å². The summed E-state index contributed by atoms with van der Waals surface area (Å²) < 4.78 is 45.7. The molecule has 0 saturated heterocycles. The van der Waals surface area contributed by atoms with Gasteiger partial charge in [-0.1, -0.05) is 19.3 Å². The van der Waals surface area contributed by atoms with Gasteiger partial charge in [-0.05, 0) is 31.1 Å². The van der Waals surface area contributed by atoms with Crippen molar-refractivity contribution in [3.63, 3.8) is 0 Å². The number of methoxy groups -OCH3 is 1. The highest BCUT2D eigenvalue weighted by atomic mass is 19.4. The molecule has 1 saturated carbocycles.